The molecule has 0 saturated carbocycles. The summed E-state index contributed by atoms with van der Waals surface area (Å²) in [5, 5.41) is 0. The van der Waals surface area contributed by atoms with E-state index in [1.54, 1.807) is 13.8 Å². The van der Waals surface area contributed by atoms with Gasteiger partial charge in [-0.3, -0.25) is 0 Å². The Morgan fingerprint density at radius 1 is 1.26 bits per heavy atom. The van der Waals surface area contributed by atoms with Crippen molar-refractivity contribution in [2.75, 3.05) is 18.6 Å². The van der Waals surface area contributed by atoms with Gasteiger partial charge in [-0.1, -0.05) is 0 Å². The van der Waals surface area contributed by atoms with Crippen LogP contribution in [0.3, 0.4) is 0 Å². The molecule has 108 valence electrons. The van der Waals surface area contributed by atoms with Crippen molar-refractivity contribution in [1.29, 1.82) is 0 Å². The highest BCUT2D eigenvalue weighted by Crippen LogP contribution is 2.25. The Balaban J connectivity index is 3.09. The van der Waals surface area contributed by atoms with Crippen LogP contribution >= 0.6 is 0 Å². The molecule has 0 saturated heterocycles. The Kier molecular flexibility index (Phi) is 4.52. The summed E-state index contributed by atoms with van der Waals surface area (Å²) in [6.07, 6.45) is 0.120. The largest absolute Gasteiger partial charge is 0.399 e. The van der Waals surface area contributed by atoms with Gasteiger partial charge in [-0.05, 0) is 32.4 Å². The minimum absolute atomic E-state index is 0.120. The molecule has 0 aliphatic rings. The van der Waals surface area contributed by atoms with E-state index in [4.69, 9.17) is 10.5 Å². The molecular formula is C12H17F2NO3S. The normalized spacial score (nSPS) is 12.7. The molecule has 0 unspecified atom stereocenters. The lowest BCUT2D eigenvalue weighted by molar-refractivity contribution is 0.0203. The van der Waals surface area contributed by atoms with Gasteiger partial charge in [-0.25, -0.2) is 17.2 Å². The van der Waals surface area contributed by atoms with Crippen LogP contribution < -0.4 is 5.73 Å². The summed E-state index contributed by atoms with van der Waals surface area (Å²) in [5.74, 6) is -2.76. The highest BCUT2D eigenvalue weighted by Gasteiger charge is 2.27. The fourth-order valence-corrected chi connectivity index (χ4v) is 3.14. The molecule has 19 heavy (non-hydrogen) atoms. The summed E-state index contributed by atoms with van der Waals surface area (Å²) < 4.78 is 56.2. The molecule has 2 N–H and O–H groups in total. The molecule has 0 aromatic heterocycles. The van der Waals surface area contributed by atoms with Gasteiger partial charge in [0.1, 0.15) is 16.5 Å². The first-order valence-electron chi connectivity index (χ1n) is 5.61. The average Bonchev–Trinajstić information content (AvgIpc) is 2.25. The Hall–Kier alpha value is -1.21. The Labute approximate surface area is 111 Å². The smallest absolute Gasteiger partial charge is 0.184 e. The minimum atomic E-state index is -4.07. The summed E-state index contributed by atoms with van der Waals surface area (Å²) >= 11 is 0. The second-order valence-corrected chi connectivity index (χ2v) is 6.89. The highest BCUT2D eigenvalue weighted by molar-refractivity contribution is 7.91. The molecule has 0 atom stereocenters. The number of anilines is 1. The summed E-state index contributed by atoms with van der Waals surface area (Å²) in [7, 11) is -2.63. The van der Waals surface area contributed by atoms with E-state index in [-0.39, 0.29) is 12.1 Å². The van der Waals surface area contributed by atoms with E-state index < -0.39 is 37.7 Å². The zero-order chi connectivity index (χ0) is 14.8. The topological polar surface area (TPSA) is 69.4 Å². The zero-order valence-corrected chi connectivity index (χ0v) is 11.9. The van der Waals surface area contributed by atoms with Crippen molar-refractivity contribution < 1.29 is 21.9 Å². The SMILES string of the molecule is COC(C)(C)CCS(=O)(=O)c1c(F)cc(N)cc1F. The molecule has 0 amide bonds. The number of nitrogens with two attached hydrogens (primary N) is 1. The van der Waals surface area contributed by atoms with Gasteiger partial charge in [0, 0.05) is 12.8 Å². The van der Waals surface area contributed by atoms with Gasteiger partial charge in [-0.15, -0.1) is 0 Å². The van der Waals surface area contributed by atoms with Gasteiger partial charge in [0.2, 0.25) is 0 Å². The predicted molar refractivity (Wildman–Crippen MR) is 68.5 cm³/mol. The third-order valence-corrected chi connectivity index (χ3v) is 4.61. The van der Waals surface area contributed by atoms with Crippen molar-refractivity contribution in [2.24, 2.45) is 0 Å². The first kappa shape index (κ1) is 15.8. The average molecular weight is 293 g/mol. The Bertz CT molecular complexity index is 547. The number of rotatable bonds is 5. The summed E-state index contributed by atoms with van der Waals surface area (Å²) in [4.78, 5) is -0.936. The molecule has 7 heteroatoms. The van der Waals surface area contributed by atoms with E-state index in [1.165, 1.54) is 7.11 Å². The lowest BCUT2D eigenvalue weighted by atomic mass is 10.1. The third kappa shape index (κ3) is 3.87. The van der Waals surface area contributed by atoms with Crippen LogP contribution in [-0.4, -0.2) is 26.9 Å². The molecule has 0 heterocycles. The molecule has 1 aromatic carbocycles. The van der Waals surface area contributed by atoms with Gasteiger partial charge in [0.05, 0.1) is 11.4 Å². The molecule has 1 rings (SSSR count). The molecule has 0 spiro atoms. The van der Waals surface area contributed by atoms with Gasteiger partial charge in [-0.2, -0.15) is 0 Å². The van der Waals surface area contributed by atoms with E-state index in [0.29, 0.717) is 0 Å². The monoisotopic (exact) mass is 293 g/mol. The van der Waals surface area contributed by atoms with Crippen molar-refractivity contribution >= 4 is 15.5 Å². The number of hydrogen-bond donors (Lipinski definition) is 1. The van der Waals surface area contributed by atoms with Gasteiger partial charge < -0.3 is 10.5 Å². The number of benzene rings is 1. The molecule has 0 fully saturated rings. The number of nitrogen functional groups attached to an aromatic ring is 1. The van der Waals surface area contributed by atoms with Crippen molar-refractivity contribution in [1.82, 2.24) is 0 Å². The van der Waals surface area contributed by atoms with E-state index >= 15 is 0 Å². The fourth-order valence-electron chi connectivity index (χ4n) is 1.46. The Morgan fingerprint density at radius 2 is 1.74 bits per heavy atom. The van der Waals surface area contributed by atoms with Gasteiger partial charge in [0.25, 0.3) is 0 Å². The van der Waals surface area contributed by atoms with Crippen LogP contribution in [0.1, 0.15) is 20.3 Å². The quantitative estimate of drug-likeness (QED) is 0.844. The first-order valence-corrected chi connectivity index (χ1v) is 7.27. The van der Waals surface area contributed by atoms with E-state index in [2.05, 4.69) is 0 Å². The van der Waals surface area contributed by atoms with Crippen LogP contribution in [0.15, 0.2) is 17.0 Å². The maximum atomic E-state index is 13.6. The van der Waals surface area contributed by atoms with Crippen LogP contribution in [0, 0.1) is 11.6 Å². The van der Waals surface area contributed by atoms with E-state index in [1.807, 2.05) is 0 Å². The number of hydrogen-bond acceptors (Lipinski definition) is 4. The third-order valence-electron chi connectivity index (χ3n) is 2.86. The van der Waals surface area contributed by atoms with Crippen LogP contribution in [0.2, 0.25) is 0 Å². The summed E-state index contributed by atoms with van der Waals surface area (Å²) in [6, 6.07) is 1.58. The van der Waals surface area contributed by atoms with Gasteiger partial charge >= 0.3 is 0 Å². The molecule has 0 bridgehead atoms. The maximum Gasteiger partial charge on any atom is 0.184 e. The summed E-state index contributed by atoms with van der Waals surface area (Å²) in [6.45, 7) is 3.39. The van der Waals surface area contributed by atoms with Crippen LogP contribution in [-0.2, 0) is 14.6 Å². The number of halogens is 2. The highest BCUT2D eigenvalue weighted by atomic mass is 32.2. The maximum absolute atomic E-state index is 13.6. The van der Waals surface area contributed by atoms with Crippen molar-refractivity contribution in [2.45, 2.75) is 30.8 Å². The van der Waals surface area contributed by atoms with Gasteiger partial charge in [0.15, 0.2) is 9.84 Å². The Morgan fingerprint density at radius 3 is 2.16 bits per heavy atom. The predicted octanol–water partition coefficient (Wildman–Crippen LogP) is 2.14. The number of sulfone groups is 1. The van der Waals surface area contributed by atoms with Crippen LogP contribution in [0.4, 0.5) is 14.5 Å². The van der Waals surface area contributed by atoms with Crippen molar-refractivity contribution in [3.05, 3.63) is 23.8 Å². The fraction of sp³-hybridized carbons (Fsp3) is 0.500. The number of methoxy groups -OCH3 is 1. The molecule has 0 aliphatic heterocycles. The molecule has 0 aliphatic carbocycles. The standard InChI is InChI=1S/C12H17F2NO3S/c1-12(2,18-3)4-5-19(16,17)11-9(13)6-8(15)7-10(11)14/h6-7H,4-5,15H2,1-3H3. The van der Waals surface area contributed by atoms with E-state index in [9.17, 15) is 17.2 Å². The second kappa shape index (κ2) is 5.42. The zero-order valence-electron chi connectivity index (χ0n) is 11.0. The van der Waals surface area contributed by atoms with Crippen molar-refractivity contribution in [3.8, 4) is 0 Å². The van der Waals surface area contributed by atoms with E-state index in [0.717, 1.165) is 12.1 Å². The summed E-state index contributed by atoms with van der Waals surface area (Å²) in [5.41, 5.74) is 4.39. The van der Waals surface area contributed by atoms with Crippen molar-refractivity contribution in [3.63, 3.8) is 0 Å². The molecular weight excluding hydrogens is 276 g/mol. The minimum Gasteiger partial charge on any atom is -0.399 e. The second-order valence-electron chi connectivity index (χ2n) is 4.85. The van der Waals surface area contributed by atoms with Crippen LogP contribution in [0.25, 0.3) is 0 Å². The molecule has 4 nitrogen and oxygen atoms in total. The molecule has 1 aromatic rings. The first-order chi connectivity index (χ1) is 8.59. The van der Waals surface area contributed by atoms with Crippen LogP contribution in [0.5, 0.6) is 0 Å². The lowest BCUT2D eigenvalue weighted by Crippen LogP contribution is -2.26. The lowest BCUT2D eigenvalue weighted by Gasteiger charge is -2.22. The number of ether oxygens (including phenoxy) is 1. The molecule has 0 radical (unpaired) electrons.